The molecule has 0 aliphatic rings. The number of thiazole rings is 1. The van der Waals surface area contributed by atoms with Gasteiger partial charge >= 0.3 is 0 Å². The van der Waals surface area contributed by atoms with Crippen molar-refractivity contribution in [3.05, 3.63) is 23.3 Å². The highest BCUT2D eigenvalue weighted by molar-refractivity contribution is 7.16. The van der Waals surface area contributed by atoms with Crippen molar-refractivity contribution in [1.29, 1.82) is 0 Å². The number of nitrogens with two attached hydrogens (primary N) is 1. The minimum Gasteiger partial charge on any atom is -0.463 e. The summed E-state index contributed by atoms with van der Waals surface area (Å²) in [5.41, 5.74) is 6.77. The zero-order valence-electron chi connectivity index (χ0n) is 19.7. The average molecular weight is 447 g/mol. The minimum atomic E-state index is -0.113. The van der Waals surface area contributed by atoms with Crippen molar-refractivity contribution in [3.63, 3.8) is 0 Å². The van der Waals surface area contributed by atoms with Gasteiger partial charge in [-0.3, -0.25) is 4.79 Å². The highest BCUT2D eigenvalue weighted by Crippen LogP contribution is 2.39. The van der Waals surface area contributed by atoms with Crippen molar-refractivity contribution in [2.24, 2.45) is 0 Å². The predicted molar refractivity (Wildman–Crippen MR) is 133 cm³/mol. The number of nitrogen functional groups attached to an aromatic ring is 1. The number of ketones is 1. The van der Waals surface area contributed by atoms with E-state index in [-0.39, 0.29) is 5.92 Å². The van der Waals surface area contributed by atoms with E-state index in [2.05, 4.69) is 18.8 Å². The quantitative estimate of drug-likeness (QED) is 0.233. The number of furan rings is 1. The van der Waals surface area contributed by atoms with Crippen molar-refractivity contribution in [3.8, 4) is 11.5 Å². The van der Waals surface area contributed by atoms with Crippen LogP contribution in [0.25, 0.3) is 11.5 Å². The predicted octanol–water partition coefficient (Wildman–Crippen LogP) is 8.53. The lowest BCUT2D eigenvalue weighted by molar-refractivity contribution is -0.120. The summed E-state index contributed by atoms with van der Waals surface area (Å²) in [6.45, 7) is 4.33. The van der Waals surface area contributed by atoms with E-state index in [1.165, 1.54) is 82.0 Å². The Labute approximate surface area is 193 Å². The molecular weight excluding hydrogens is 404 g/mol. The molecule has 2 N–H and O–H groups in total. The van der Waals surface area contributed by atoms with Gasteiger partial charge in [0.05, 0.1) is 12.2 Å². The topological polar surface area (TPSA) is 69.1 Å². The number of hydrogen-bond acceptors (Lipinski definition) is 5. The van der Waals surface area contributed by atoms with Crippen molar-refractivity contribution in [2.75, 3.05) is 5.73 Å². The monoisotopic (exact) mass is 446 g/mol. The van der Waals surface area contributed by atoms with Gasteiger partial charge in [-0.2, -0.15) is 0 Å². The first-order valence-corrected chi connectivity index (χ1v) is 13.3. The van der Waals surface area contributed by atoms with Gasteiger partial charge in [0.1, 0.15) is 11.5 Å². The van der Waals surface area contributed by atoms with Crippen LogP contribution < -0.4 is 5.73 Å². The molecule has 0 aliphatic carbocycles. The van der Waals surface area contributed by atoms with Gasteiger partial charge in [-0.05, 0) is 25.0 Å². The summed E-state index contributed by atoms with van der Waals surface area (Å²) in [6, 6.07) is 3.74. The van der Waals surface area contributed by atoms with Crippen molar-refractivity contribution >= 4 is 22.3 Å². The highest BCUT2D eigenvalue weighted by atomic mass is 32.1. The molecule has 1 unspecified atom stereocenters. The Balaban J connectivity index is 1.76. The maximum absolute atomic E-state index is 12.9. The number of anilines is 1. The molecule has 0 amide bonds. The maximum atomic E-state index is 12.9. The number of unbranched alkanes of at least 4 members (excludes halogenated alkanes) is 11. The van der Waals surface area contributed by atoms with Crippen LogP contribution in [-0.2, 0) is 4.79 Å². The van der Waals surface area contributed by atoms with Crippen molar-refractivity contribution < 1.29 is 9.21 Å². The lowest BCUT2D eigenvalue weighted by atomic mass is 9.91. The molecule has 2 aromatic heterocycles. The van der Waals surface area contributed by atoms with E-state index in [1.807, 2.05) is 12.1 Å². The van der Waals surface area contributed by atoms with Crippen LogP contribution in [0.5, 0.6) is 0 Å². The molecule has 2 heterocycles. The van der Waals surface area contributed by atoms with E-state index in [9.17, 15) is 4.79 Å². The van der Waals surface area contributed by atoms with Crippen LogP contribution in [0.2, 0.25) is 0 Å². The van der Waals surface area contributed by atoms with E-state index in [4.69, 9.17) is 10.2 Å². The van der Waals surface area contributed by atoms with Crippen molar-refractivity contribution in [1.82, 2.24) is 4.98 Å². The summed E-state index contributed by atoms with van der Waals surface area (Å²) in [5.74, 6) is 0.895. The second kappa shape index (κ2) is 15.2. The molecule has 0 saturated carbocycles. The molecule has 0 aromatic carbocycles. The molecule has 0 saturated heterocycles. The van der Waals surface area contributed by atoms with Crippen LogP contribution in [0.15, 0.2) is 22.8 Å². The fourth-order valence-electron chi connectivity index (χ4n) is 4.22. The molecule has 0 fully saturated rings. The van der Waals surface area contributed by atoms with E-state index in [0.717, 1.165) is 29.8 Å². The van der Waals surface area contributed by atoms with Crippen LogP contribution in [0.4, 0.5) is 5.13 Å². The molecule has 5 heteroatoms. The second-order valence-corrected chi connectivity index (χ2v) is 9.75. The van der Waals surface area contributed by atoms with Gasteiger partial charge in [0.15, 0.2) is 10.9 Å². The van der Waals surface area contributed by atoms with Crippen LogP contribution in [0.3, 0.4) is 0 Å². The summed E-state index contributed by atoms with van der Waals surface area (Å²) in [4.78, 5) is 18.4. The van der Waals surface area contributed by atoms with Crippen LogP contribution in [0, 0.1) is 0 Å². The van der Waals surface area contributed by atoms with E-state index in [1.54, 1.807) is 6.26 Å². The standard InChI is InChI=1S/C26H42N2O2S/c1-3-5-6-7-8-9-10-11-12-13-14-15-18-21(22(29)17-4-2)25-24(28-26(27)31-25)23-19-16-20-30-23/h16,19-21H,3-15,17-18H2,1-2H3,(H2,27,28). The first-order valence-electron chi connectivity index (χ1n) is 12.5. The van der Waals surface area contributed by atoms with Gasteiger partial charge in [0, 0.05) is 11.3 Å². The average Bonchev–Trinajstić information content (AvgIpc) is 3.41. The number of carbonyl (C=O) groups excluding carboxylic acids is 1. The third-order valence-corrected chi connectivity index (χ3v) is 6.97. The summed E-state index contributed by atoms with van der Waals surface area (Å²) >= 11 is 1.44. The largest absolute Gasteiger partial charge is 0.463 e. The lowest BCUT2D eigenvalue weighted by Crippen LogP contribution is -2.12. The molecule has 0 radical (unpaired) electrons. The summed E-state index contributed by atoms with van der Waals surface area (Å²) in [5, 5.41) is 0.505. The Morgan fingerprint density at radius 1 is 0.968 bits per heavy atom. The Bertz CT molecular complexity index is 724. The first kappa shape index (κ1) is 25.6. The zero-order chi connectivity index (χ0) is 22.3. The van der Waals surface area contributed by atoms with Gasteiger partial charge in [-0.1, -0.05) is 90.9 Å². The third-order valence-electron chi connectivity index (χ3n) is 5.97. The Kier molecular flexibility index (Phi) is 12.6. The molecule has 2 aromatic rings. The van der Waals surface area contributed by atoms with Gasteiger partial charge in [-0.15, -0.1) is 11.3 Å². The SMILES string of the molecule is CCCCCCCCCCCCCCC(C(=O)CCC)c1sc(N)nc1-c1ccco1. The van der Waals surface area contributed by atoms with Gasteiger partial charge in [0.25, 0.3) is 0 Å². The molecule has 0 bridgehead atoms. The Morgan fingerprint density at radius 3 is 2.13 bits per heavy atom. The Morgan fingerprint density at radius 2 is 1.58 bits per heavy atom. The second-order valence-electron chi connectivity index (χ2n) is 8.69. The summed E-state index contributed by atoms with van der Waals surface area (Å²) in [6.07, 6.45) is 19.9. The normalized spacial score (nSPS) is 12.3. The third kappa shape index (κ3) is 9.18. The number of rotatable bonds is 18. The van der Waals surface area contributed by atoms with Crippen molar-refractivity contribution in [2.45, 2.75) is 116 Å². The Hall–Kier alpha value is -1.62. The number of aromatic nitrogens is 1. The van der Waals surface area contributed by atoms with E-state index >= 15 is 0 Å². The molecule has 31 heavy (non-hydrogen) atoms. The summed E-state index contributed by atoms with van der Waals surface area (Å²) in [7, 11) is 0. The van der Waals surface area contributed by atoms with Crippen LogP contribution in [0.1, 0.15) is 121 Å². The van der Waals surface area contributed by atoms with Gasteiger partial charge in [0.2, 0.25) is 0 Å². The molecule has 1 atom stereocenters. The lowest BCUT2D eigenvalue weighted by Gasteiger charge is -2.15. The van der Waals surface area contributed by atoms with Crippen LogP contribution in [-0.4, -0.2) is 10.8 Å². The molecular formula is C26H42N2O2S. The van der Waals surface area contributed by atoms with Gasteiger partial charge in [-0.25, -0.2) is 4.98 Å². The van der Waals surface area contributed by atoms with E-state index < -0.39 is 0 Å². The minimum absolute atomic E-state index is 0.113. The molecule has 0 aliphatic heterocycles. The number of Topliss-reactive ketones (excluding diaryl/α,β-unsaturated/α-hetero) is 1. The highest BCUT2D eigenvalue weighted by Gasteiger charge is 2.27. The number of hydrogen-bond donors (Lipinski definition) is 1. The molecule has 2 rings (SSSR count). The summed E-state index contributed by atoms with van der Waals surface area (Å²) < 4.78 is 5.56. The first-order chi connectivity index (χ1) is 15.2. The van der Waals surface area contributed by atoms with E-state index in [0.29, 0.717) is 23.1 Å². The number of carbonyl (C=O) groups is 1. The fourth-order valence-corrected chi connectivity index (χ4v) is 5.22. The van der Waals surface area contributed by atoms with Crippen LogP contribution >= 0.6 is 11.3 Å². The maximum Gasteiger partial charge on any atom is 0.180 e. The smallest absolute Gasteiger partial charge is 0.180 e. The number of nitrogens with zero attached hydrogens (tertiary/aromatic N) is 1. The fraction of sp³-hybridized carbons (Fsp3) is 0.692. The molecule has 174 valence electrons. The van der Waals surface area contributed by atoms with Gasteiger partial charge < -0.3 is 10.2 Å². The molecule has 0 spiro atoms. The molecule has 4 nitrogen and oxygen atoms in total. The zero-order valence-corrected chi connectivity index (χ0v) is 20.5.